The van der Waals surface area contributed by atoms with Crippen molar-refractivity contribution in [2.75, 3.05) is 0 Å². The molecule has 0 aliphatic carbocycles. The van der Waals surface area contributed by atoms with Crippen molar-refractivity contribution in [3.8, 4) is 11.9 Å². The molecule has 3 aromatic rings. The van der Waals surface area contributed by atoms with E-state index in [-0.39, 0.29) is 17.0 Å². The van der Waals surface area contributed by atoms with Gasteiger partial charge in [0.15, 0.2) is 0 Å². The van der Waals surface area contributed by atoms with Gasteiger partial charge >= 0.3 is 0 Å². The minimum absolute atomic E-state index is 0.0325. The summed E-state index contributed by atoms with van der Waals surface area (Å²) >= 11 is 0. The molecule has 1 aliphatic heterocycles. The number of nitriles is 1. The third kappa shape index (κ3) is 2.19. The van der Waals surface area contributed by atoms with Gasteiger partial charge < -0.3 is 15.5 Å². The molecule has 0 fully saturated rings. The SMILES string of the molecule is Cc1ccc2cc([C@@H]3C(C#N)=C(N)Oc4n[nH]c(C)c43)c(=O)[nH]c2c1. The maximum Gasteiger partial charge on any atom is 0.252 e. The van der Waals surface area contributed by atoms with Gasteiger partial charge in [-0.05, 0) is 36.9 Å². The Bertz CT molecular complexity index is 1150. The number of pyridine rings is 1. The molecule has 2 aromatic heterocycles. The van der Waals surface area contributed by atoms with E-state index in [2.05, 4.69) is 21.3 Å². The monoisotopic (exact) mass is 333 g/mol. The van der Waals surface area contributed by atoms with Crippen LogP contribution in [0.3, 0.4) is 0 Å². The molecule has 0 bridgehead atoms. The minimum Gasteiger partial charge on any atom is -0.420 e. The van der Waals surface area contributed by atoms with Gasteiger partial charge in [-0.15, -0.1) is 5.10 Å². The number of aromatic nitrogens is 3. The molecule has 1 atom stereocenters. The third-order valence-electron chi connectivity index (χ3n) is 4.47. The molecule has 0 spiro atoms. The number of rotatable bonds is 1. The van der Waals surface area contributed by atoms with Crippen LogP contribution in [0.25, 0.3) is 10.9 Å². The number of fused-ring (bicyclic) bond motifs is 2. The first-order valence-electron chi connectivity index (χ1n) is 7.75. The second-order valence-electron chi connectivity index (χ2n) is 6.14. The highest BCUT2D eigenvalue weighted by Gasteiger charge is 2.35. The number of ether oxygens (including phenoxy) is 1. The number of H-pyrrole nitrogens is 2. The molecular weight excluding hydrogens is 318 g/mol. The number of benzene rings is 1. The fourth-order valence-electron chi connectivity index (χ4n) is 3.26. The third-order valence-corrected chi connectivity index (χ3v) is 4.47. The highest BCUT2D eigenvalue weighted by atomic mass is 16.5. The average molecular weight is 333 g/mol. The topological polar surface area (TPSA) is 121 Å². The Balaban J connectivity index is 2.03. The zero-order chi connectivity index (χ0) is 17.7. The van der Waals surface area contributed by atoms with Crippen molar-refractivity contribution in [1.29, 1.82) is 5.26 Å². The summed E-state index contributed by atoms with van der Waals surface area (Å²) in [7, 11) is 0. The van der Waals surface area contributed by atoms with Crippen LogP contribution < -0.4 is 16.0 Å². The molecule has 7 heteroatoms. The van der Waals surface area contributed by atoms with Crippen molar-refractivity contribution in [1.82, 2.24) is 15.2 Å². The first-order chi connectivity index (χ1) is 12.0. The van der Waals surface area contributed by atoms with E-state index >= 15 is 0 Å². The summed E-state index contributed by atoms with van der Waals surface area (Å²) in [5, 5.41) is 17.4. The Kier molecular flexibility index (Phi) is 3.15. The van der Waals surface area contributed by atoms with Crippen molar-refractivity contribution in [2.45, 2.75) is 19.8 Å². The molecule has 3 heterocycles. The molecule has 0 saturated carbocycles. The second kappa shape index (κ2) is 5.24. The second-order valence-corrected chi connectivity index (χ2v) is 6.14. The minimum atomic E-state index is -0.623. The Labute approximate surface area is 142 Å². The van der Waals surface area contributed by atoms with Gasteiger partial charge in [-0.1, -0.05) is 12.1 Å². The molecule has 1 aromatic carbocycles. The highest BCUT2D eigenvalue weighted by Crippen LogP contribution is 2.41. The Morgan fingerprint density at radius 3 is 2.88 bits per heavy atom. The normalized spacial score (nSPS) is 16.4. The van der Waals surface area contributed by atoms with Gasteiger partial charge in [-0.3, -0.25) is 9.89 Å². The van der Waals surface area contributed by atoms with E-state index in [4.69, 9.17) is 10.5 Å². The summed E-state index contributed by atoms with van der Waals surface area (Å²) in [6.45, 7) is 3.78. The average Bonchev–Trinajstić information content (AvgIpc) is 2.93. The number of aromatic amines is 2. The summed E-state index contributed by atoms with van der Waals surface area (Å²) in [5.41, 5.74) is 9.45. The number of aryl methyl sites for hydroxylation is 2. The molecule has 0 unspecified atom stereocenters. The molecular formula is C18H15N5O2. The molecule has 0 amide bonds. The number of hydrogen-bond donors (Lipinski definition) is 3. The molecule has 4 rings (SSSR count). The lowest BCUT2D eigenvalue weighted by Crippen LogP contribution is -2.25. The Morgan fingerprint density at radius 1 is 1.32 bits per heavy atom. The zero-order valence-corrected chi connectivity index (χ0v) is 13.7. The maximum absolute atomic E-state index is 12.8. The summed E-state index contributed by atoms with van der Waals surface area (Å²) in [4.78, 5) is 15.7. The van der Waals surface area contributed by atoms with Gasteiger partial charge in [-0.2, -0.15) is 5.26 Å². The van der Waals surface area contributed by atoms with Gasteiger partial charge in [0, 0.05) is 22.3 Å². The molecule has 0 radical (unpaired) electrons. The standard InChI is InChI=1S/C18H15N5O2/c1-8-3-4-10-6-11(17(24)21-13(10)5-8)15-12(7-19)16(20)25-18-14(15)9(2)22-23-18/h3-6,15H,20H2,1-2H3,(H,21,24)(H,22,23)/t15-/m1/s1. The van der Waals surface area contributed by atoms with E-state index in [1.807, 2.05) is 32.0 Å². The smallest absolute Gasteiger partial charge is 0.252 e. The molecule has 7 nitrogen and oxygen atoms in total. The Morgan fingerprint density at radius 2 is 2.12 bits per heavy atom. The quantitative estimate of drug-likeness (QED) is 0.629. The number of allylic oxidation sites excluding steroid dienone is 1. The van der Waals surface area contributed by atoms with Crippen molar-refractivity contribution < 1.29 is 4.74 Å². The van der Waals surface area contributed by atoms with E-state index in [1.54, 1.807) is 6.07 Å². The lowest BCUT2D eigenvalue weighted by Gasteiger charge is -2.23. The first kappa shape index (κ1) is 15.0. The fraction of sp³-hybridized carbons (Fsp3) is 0.167. The predicted molar refractivity (Wildman–Crippen MR) is 91.9 cm³/mol. The number of hydrogen-bond acceptors (Lipinski definition) is 5. The molecule has 4 N–H and O–H groups in total. The molecule has 1 aliphatic rings. The number of nitrogens with two attached hydrogens (primary N) is 1. The summed E-state index contributed by atoms with van der Waals surface area (Å²) in [6, 6.07) is 9.69. The van der Waals surface area contributed by atoms with E-state index in [0.717, 1.165) is 22.2 Å². The van der Waals surface area contributed by atoms with Crippen molar-refractivity contribution in [3.63, 3.8) is 0 Å². The van der Waals surface area contributed by atoms with Crippen LogP contribution in [-0.4, -0.2) is 15.2 Å². The van der Waals surface area contributed by atoms with Crippen LogP contribution in [0.5, 0.6) is 5.88 Å². The van der Waals surface area contributed by atoms with Gasteiger partial charge in [0.25, 0.3) is 5.56 Å². The van der Waals surface area contributed by atoms with Crippen LogP contribution in [0.4, 0.5) is 0 Å². The number of nitrogens with one attached hydrogen (secondary N) is 2. The zero-order valence-electron chi connectivity index (χ0n) is 13.7. The van der Waals surface area contributed by atoms with Crippen LogP contribution in [0.2, 0.25) is 0 Å². The number of nitrogens with zero attached hydrogens (tertiary/aromatic N) is 2. The van der Waals surface area contributed by atoms with E-state index in [1.165, 1.54) is 0 Å². The van der Waals surface area contributed by atoms with Crippen LogP contribution in [0, 0.1) is 25.2 Å². The van der Waals surface area contributed by atoms with E-state index < -0.39 is 5.92 Å². The summed E-state index contributed by atoms with van der Waals surface area (Å²) < 4.78 is 5.43. The maximum atomic E-state index is 12.8. The van der Waals surface area contributed by atoms with Gasteiger partial charge in [0.1, 0.15) is 11.6 Å². The van der Waals surface area contributed by atoms with E-state index in [0.29, 0.717) is 17.0 Å². The lowest BCUT2D eigenvalue weighted by molar-refractivity contribution is 0.378. The first-order valence-corrected chi connectivity index (χ1v) is 7.75. The van der Waals surface area contributed by atoms with E-state index in [9.17, 15) is 10.1 Å². The van der Waals surface area contributed by atoms with Crippen LogP contribution in [0.15, 0.2) is 40.5 Å². The van der Waals surface area contributed by atoms with Crippen LogP contribution in [0.1, 0.15) is 28.3 Å². The molecule has 25 heavy (non-hydrogen) atoms. The molecule has 0 saturated heterocycles. The largest absolute Gasteiger partial charge is 0.420 e. The van der Waals surface area contributed by atoms with Gasteiger partial charge in [0.2, 0.25) is 11.8 Å². The highest BCUT2D eigenvalue weighted by molar-refractivity contribution is 5.80. The molecule has 124 valence electrons. The van der Waals surface area contributed by atoms with Crippen molar-refractivity contribution in [3.05, 3.63) is 68.5 Å². The summed E-state index contributed by atoms with van der Waals surface area (Å²) in [6.07, 6.45) is 0. The fourth-order valence-corrected chi connectivity index (χ4v) is 3.26. The van der Waals surface area contributed by atoms with Crippen LogP contribution >= 0.6 is 0 Å². The van der Waals surface area contributed by atoms with Gasteiger partial charge in [0.05, 0.1) is 5.92 Å². The van der Waals surface area contributed by atoms with Crippen LogP contribution in [-0.2, 0) is 0 Å². The van der Waals surface area contributed by atoms with Crippen molar-refractivity contribution >= 4 is 10.9 Å². The predicted octanol–water partition coefficient (Wildman–Crippen LogP) is 2.09. The lowest BCUT2D eigenvalue weighted by atomic mass is 9.84. The summed E-state index contributed by atoms with van der Waals surface area (Å²) in [5.74, 6) is -0.362. The van der Waals surface area contributed by atoms with Crippen molar-refractivity contribution in [2.24, 2.45) is 5.73 Å². The van der Waals surface area contributed by atoms with Gasteiger partial charge in [-0.25, -0.2) is 0 Å². The Hall–Kier alpha value is -3.53.